The minimum absolute atomic E-state index is 0.125. The number of hydrogen-bond donors (Lipinski definition) is 2. The normalized spacial score (nSPS) is 11.1. The molecular formula is C12H20N2. The van der Waals surface area contributed by atoms with Gasteiger partial charge in [-0.25, -0.2) is 0 Å². The molecule has 0 saturated carbocycles. The lowest BCUT2D eigenvalue weighted by Gasteiger charge is -2.22. The molecule has 78 valence electrons. The van der Waals surface area contributed by atoms with Crippen LogP contribution < -0.4 is 10.6 Å². The molecule has 0 unspecified atom stereocenters. The van der Waals surface area contributed by atoms with E-state index in [2.05, 4.69) is 62.6 Å². The lowest BCUT2D eigenvalue weighted by atomic mass is 10.1. The van der Waals surface area contributed by atoms with Crippen molar-refractivity contribution >= 4 is 11.4 Å². The van der Waals surface area contributed by atoms with Crippen molar-refractivity contribution in [3.05, 3.63) is 24.3 Å². The lowest BCUT2D eigenvalue weighted by Crippen LogP contribution is -2.25. The zero-order chi connectivity index (χ0) is 10.6. The first-order valence-corrected chi connectivity index (χ1v) is 5.13. The molecule has 0 aliphatic rings. The Labute approximate surface area is 86.7 Å². The topological polar surface area (TPSA) is 24.1 Å². The summed E-state index contributed by atoms with van der Waals surface area (Å²) in [5.41, 5.74) is 2.46. The molecule has 0 spiro atoms. The fourth-order valence-electron chi connectivity index (χ4n) is 1.31. The Morgan fingerprint density at radius 3 is 1.93 bits per heavy atom. The van der Waals surface area contributed by atoms with Gasteiger partial charge in [0.1, 0.15) is 0 Å². The van der Waals surface area contributed by atoms with Crippen LogP contribution in [0.2, 0.25) is 0 Å². The Bertz CT molecular complexity index is 269. The molecule has 0 aliphatic carbocycles. The van der Waals surface area contributed by atoms with Crippen LogP contribution in [0.1, 0.15) is 27.7 Å². The highest BCUT2D eigenvalue weighted by molar-refractivity contribution is 5.54. The Balaban J connectivity index is 2.64. The van der Waals surface area contributed by atoms with Crippen molar-refractivity contribution in [2.45, 2.75) is 33.2 Å². The molecule has 0 aliphatic heterocycles. The largest absolute Gasteiger partial charge is 0.385 e. The standard InChI is InChI=1S/C12H20N2/c1-5-13-10-6-8-11(9-7-10)14-12(2,3)4/h6-9,13-14H,5H2,1-4H3. The molecular weight excluding hydrogens is 172 g/mol. The van der Waals surface area contributed by atoms with Crippen molar-refractivity contribution in [2.24, 2.45) is 0 Å². The fourth-order valence-corrected chi connectivity index (χ4v) is 1.31. The first-order chi connectivity index (χ1) is 6.51. The van der Waals surface area contributed by atoms with Crippen LogP contribution in [0.4, 0.5) is 11.4 Å². The van der Waals surface area contributed by atoms with Gasteiger partial charge in [-0.2, -0.15) is 0 Å². The summed E-state index contributed by atoms with van der Waals surface area (Å²) >= 11 is 0. The number of nitrogens with one attached hydrogen (secondary N) is 2. The number of benzene rings is 1. The average Bonchev–Trinajstić information content (AvgIpc) is 2.06. The summed E-state index contributed by atoms with van der Waals surface area (Å²) in [6, 6.07) is 8.39. The maximum Gasteiger partial charge on any atom is 0.0345 e. The average molecular weight is 192 g/mol. The molecule has 14 heavy (non-hydrogen) atoms. The van der Waals surface area contributed by atoms with Gasteiger partial charge in [-0.1, -0.05) is 0 Å². The predicted octanol–water partition coefficient (Wildman–Crippen LogP) is 3.33. The fraction of sp³-hybridized carbons (Fsp3) is 0.500. The third-order valence-corrected chi connectivity index (χ3v) is 1.79. The molecule has 2 heteroatoms. The highest BCUT2D eigenvalue weighted by Crippen LogP contribution is 2.17. The van der Waals surface area contributed by atoms with Crippen LogP contribution in [-0.4, -0.2) is 12.1 Å². The van der Waals surface area contributed by atoms with Gasteiger partial charge >= 0.3 is 0 Å². The maximum atomic E-state index is 3.42. The van der Waals surface area contributed by atoms with Crippen LogP contribution in [0, 0.1) is 0 Å². The van der Waals surface area contributed by atoms with Gasteiger partial charge in [0.05, 0.1) is 0 Å². The zero-order valence-electron chi connectivity index (χ0n) is 9.52. The van der Waals surface area contributed by atoms with Gasteiger partial charge in [-0.15, -0.1) is 0 Å². The summed E-state index contributed by atoms with van der Waals surface area (Å²) in [6.45, 7) is 9.54. The van der Waals surface area contributed by atoms with E-state index in [9.17, 15) is 0 Å². The summed E-state index contributed by atoms with van der Waals surface area (Å²) in [6.07, 6.45) is 0. The molecule has 0 heterocycles. The molecule has 1 aromatic rings. The summed E-state index contributed by atoms with van der Waals surface area (Å²) in [7, 11) is 0. The monoisotopic (exact) mass is 192 g/mol. The van der Waals surface area contributed by atoms with Crippen LogP contribution >= 0.6 is 0 Å². The molecule has 1 rings (SSSR count). The Kier molecular flexibility index (Phi) is 3.39. The highest BCUT2D eigenvalue weighted by Gasteiger charge is 2.08. The van der Waals surface area contributed by atoms with Crippen molar-refractivity contribution in [3.8, 4) is 0 Å². The maximum absolute atomic E-state index is 3.42. The SMILES string of the molecule is CCNc1ccc(NC(C)(C)C)cc1. The van der Waals surface area contributed by atoms with Crippen LogP contribution in [-0.2, 0) is 0 Å². The van der Waals surface area contributed by atoms with Gasteiger partial charge in [0.2, 0.25) is 0 Å². The van der Waals surface area contributed by atoms with E-state index in [1.54, 1.807) is 0 Å². The summed E-state index contributed by atoms with van der Waals surface area (Å²) in [5.74, 6) is 0. The summed E-state index contributed by atoms with van der Waals surface area (Å²) in [5, 5.41) is 6.69. The van der Waals surface area contributed by atoms with Crippen molar-refractivity contribution in [1.82, 2.24) is 0 Å². The molecule has 0 aromatic heterocycles. The highest BCUT2D eigenvalue weighted by atomic mass is 14.9. The second-order valence-electron chi connectivity index (χ2n) is 4.48. The minimum Gasteiger partial charge on any atom is -0.385 e. The van der Waals surface area contributed by atoms with E-state index in [1.165, 1.54) is 11.4 Å². The van der Waals surface area contributed by atoms with Crippen molar-refractivity contribution in [2.75, 3.05) is 17.2 Å². The van der Waals surface area contributed by atoms with E-state index in [1.807, 2.05) is 0 Å². The Morgan fingerprint density at radius 2 is 1.50 bits per heavy atom. The molecule has 0 amide bonds. The van der Waals surface area contributed by atoms with Crippen molar-refractivity contribution < 1.29 is 0 Å². The first kappa shape index (κ1) is 10.9. The van der Waals surface area contributed by atoms with E-state index < -0.39 is 0 Å². The molecule has 0 fully saturated rings. The number of anilines is 2. The summed E-state index contributed by atoms with van der Waals surface area (Å²) < 4.78 is 0. The lowest BCUT2D eigenvalue weighted by molar-refractivity contribution is 0.634. The van der Waals surface area contributed by atoms with E-state index in [0.29, 0.717) is 0 Å². The van der Waals surface area contributed by atoms with Gasteiger partial charge in [0.25, 0.3) is 0 Å². The third kappa shape index (κ3) is 3.69. The molecule has 0 radical (unpaired) electrons. The van der Waals surface area contributed by atoms with Crippen LogP contribution in [0.15, 0.2) is 24.3 Å². The zero-order valence-corrected chi connectivity index (χ0v) is 9.52. The minimum atomic E-state index is 0.125. The molecule has 1 aromatic carbocycles. The van der Waals surface area contributed by atoms with Crippen molar-refractivity contribution in [3.63, 3.8) is 0 Å². The predicted molar refractivity (Wildman–Crippen MR) is 64.0 cm³/mol. The van der Waals surface area contributed by atoms with Crippen LogP contribution in [0.3, 0.4) is 0 Å². The Hall–Kier alpha value is -1.18. The van der Waals surface area contributed by atoms with E-state index in [4.69, 9.17) is 0 Å². The van der Waals surface area contributed by atoms with Crippen molar-refractivity contribution in [1.29, 1.82) is 0 Å². The van der Waals surface area contributed by atoms with E-state index >= 15 is 0 Å². The van der Waals surface area contributed by atoms with Gasteiger partial charge in [-0.3, -0.25) is 0 Å². The molecule has 2 nitrogen and oxygen atoms in total. The van der Waals surface area contributed by atoms with Crippen LogP contribution in [0.25, 0.3) is 0 Å². The van der Waals surface area contributed by atoms with E-state index in [-0.39, 0.29) is 5.54 Å². The van der Waals surface area contributed by atoms with Gasteiger partial charge in [-0.05, 0) is 52.0 Å². The molecule has 0 saturated heterocycles. The Morgan fingerprint density at radius 1 is 1.00 bits per heavy atom. The smallest absolute Gasteiger partial charge is 0.0345 e. The third-order valence-electron chi connectivity index (χ3n) is 1.79. The quantitative estimate of drug-likeness (QED) is 0.767. The molecule has 0 atom stereocenters. The van der Waals surface area contributed by atoms with E-state index in [0.717, 1.165) is 6.54 Å². The molecule has 0 bridgehead atoms. The summed E-state index contributed by atoms with van der Waals surface area (Å²) in [4.78, 5) is 0. The van der Waals surface area contributed by atoms with Crippen LogP contribution in [0.5, 0.6) is 0 Å². The second kappa shape index (κ2) is 4.36. The molecule has 2 N–H and O–H groups in total. The van der Waals surface area contributed by atoms with Gasteiger partial charge in [0.15, 0.2) is 0 Å². The number of hydrogen-bond acceptors (Lipinski definition) is 2. The second-order valence-corrected chi connectivity index (χ2v) is 4.48. The van der Waals surface area contributed by atoms with Gasteiger partial charge in [0, 0.05) is 23.5 Å². The van der Waals surface area contributed by atoms with Gasteiger partial charge < -0.3 is 10.6 Å². The first-order valence-electron chi connectivity index (χ1n) is 5.13. The number of rotatable bonds is 3.